The molecule has 2 N–H and O–H groups in total. The standard InChI is InChI=1S/C15H23NO3/c1-5-6-16-13(15(17)18)9-19-14-8-10(2)7-11(3)12(14)4/h7-8,13,16H,5-6,9H2,1-4H3,(H,17,18). The highest BCUT2D eigenvalue weighted by atomic mass is 16.5. The van der Waals surface area contributed by atoms with Crippen molar-refractivity contribution in [1.29, 1.82) is 0 Å². The number of aliphatic carboxylic acids is 1. The molecule has 1 atom stereocenters. The largest absolute Gasteiger partial charge is 0.491 e. The molecule has 1 aromatic rings. The SMILES string of the molecule is CCCNC(COc1cc(C)cc(C)c1C)C(=O)O. The smallest absolute Gasteiger partial charge is 0.324 e. The number of carboxylic acids is 1. The second-order valence-electron chi connectivity index (χ2n) is 4.86. The third-order valence-electron chi connectivity index (χ3n) is 3.11. The Balaban J connectivity index is 2.71. The summed E-state index contributed by atoms with van der Waals surface area (Å²) in [6.07, 6.45) is 0.895. The van der Waals surface area contributed by atoms with Crippen LogP contribution in [-0.2, 0) is 4.79 Å². The summed E-state index contributed by atoms with van der Waals surface area (Å²) in [6.45, 7) is 8.83. The highest BCUT2D eigenvalue weighted by molar-refractivity contribution is 5.73. The molecule has 0 spiro atoms. The molecule has 1 rings (SSSR count). The number of aryl methyl sites for hydroxylation is 2. The molecule has 0 aromatic heterocycles. The van der Waals surface area contributed by atoms with Gasteiger partial charge >= 0.3 is 5.97 Å². The molecule has 19 heavy (non-hydrogen) atoms. The maximum atomic E-state index is 11.1. The molecule has 0 saturated heterocycles. The Morgan fingerprint density at radius 1 is 1.37 bits per heavy atom. The van der Waals surface area contributed by atoms with E-state index in [-0.39, 0.29) is 6.61 Å². The van der Waals surface area contributed by atoms with Gasteiger partial charge in [0, 0.05) is 0 Å². The zero-order chi connectivity index (χ0) is 14.4. The molecule has 1 aromatic carbocycles. The van der Waals surface area contributed by atoms with Crippen LogP contribution in [0, 0.1) is 20.8 Å². The summed E-state index contributed by atoms with van der Waals surface area (Å²) in [6, 6.07) is 3.37. The first-order valence-electron chi connectivity index (χ1n) is 6.62. The quantitative estimate of drug-likeness (QED) is 0.795. The summed E-state index contributed by atoms with van der Waals surface area (Å²) in [5.41, 5.74) is 3.33. The Morgan fingerprint density at radius 3 is 2.63 bits per heavy atom. The molecular weight excluding hydrogens is 242 g/mol. The summed E-state index contributed by atoms with van der Waals surface area (Å²) in [5.74, 6) is -0.113. The summed E-state index contributed by atoms with van der Waals surface area (Å²) in [5, 5.41) is 12.1. The predicted octanol–water partition coefficient (Wildman–Crippen LogP) is 2.44. The van der Waals surface area contributed by atoms with Crippen LogP contribution in [0.1, 0.15) is 30.0 Å². The number of benzene rings is 1. The maximum absolute atomic E-state index is 11.1. The van der Waals surface area contributed by atoms with Gasteiger partial charge in [0.25, 0.3) is 0 Å². The maximum Gasteiger partial charge on any atom is 0.324 e. The third kappa shape index (κ3) is 4.56. The van der Waals surface area contributed by atoms with Crippen LogP contribution < -0.4 is 10.1 Å². The van der Waals surface area contributed by atoms with E-state index >= 15 is 0 Å². The van der Waals surface area contributed by atoms with E-state index in [0.29, 0.717) is 6.54 Å². The number of ether oxygens (including phenoxy) is 1. The van der Waals surface area contributed by atoms with Gasteiger partial charge in [-0.15, -0.1) is 0 Å². The van der Waals surface area contributed by atoms with Crippen LogP contribution in [0.4, 0.5) is 0 Å². The molecule has 0 fully saturated rings. The van der Waals surface area contributed by atoms with Crippen molar-refractivity contribution < 1.29 is 14.6 Å². The van der Waals surface area contributed by atoms with Crippen LogP contribution in [0.25, 0.3) is 0 Å². The number of hydrogen-bond acceptors (Lipinski definition) is 3. The number of rotatable bonds is 7. The van der Waals surface area contributed by atoms with Crippen molar-refractivity contribution in [2.24, 2.45) is 0 Å². The fraction of sp³-hybridized carbons (Fsp3) is 0.533. The lowest BCUT2D eigenvalue weighted by Crippen LogP contribution is -2.41. The van der Waals surface area contributed by atoms with Crippen LogP contribution in [0.2, 0.25) is 0 Å². The summed E-state index contributed by atoms with van der Waals surface area (Å²) in [7, 11) is 0. The third-order valence-corrected chi connectivity index (χ3v) is 3.11. The molecule has 0 radical (unpaired) electrons. The van der Waals surface area contributed by atoms with Gasteiger partial charge in [-0.05, 0) is 56.5 Å². The minimum absolute atomic E-state index is 0.138. The Bertz CT molecular complexity index is 443. The molecule has 0 aliphatic heterocycles. The first kappa shape index (κ1) is 15.5. The van der Waals surface area contributed by atoms with Gasteiger partial charge in [0.05, 0.1) is 0 Å². The van der Waals surface area contributed by atoms with Crippen LogP contribution in [0.15, 0.2) is 12.1 Å². The van der Waals surface area contributed by atoms with E-state index < -0.39 is 12.0 Å². The van der Waals surface area contributed by atoms with Gasteiger partial charge in [0.1, 0.15) is 18.4 Å². The molecule has 106 valence electrons. The van der Waals surface area contributed by atoms with Gasteiger partial charge in [0.15, 0.2) is 0 Å². The second kappa shape index (κ2) is 7.14. The number of nitrogens with one attached hydrogen (secondary N) is 1. The Hall–Kier alpha value is -1.55. The lowest BCUT2D eigenvalue weighted by molar-refractivity contribution is -0.140. The second-order valence-corrected chi connectivity index (χ2v) is 4.86. The van der Waals surface area contributed by atoms with Crippen molar-refractivity contribution in [3.8, 4) is 5.75 Å². The van der Waals surface area contributed by atoms with Gasteiger partial charge in [-0.2, -0.15) is 0 Å². The van der Waals surface area contributed by atoms with E-state index in [0.717, 1.165) is 28.9 Å². The highest BCUT2D eigenvalue weighted by Crippen LogP contribution is 2.23. The van der Waals surface area contributed by atoms with Crippen LogP contribution in [-0.4, -0.2) is 30.3 Å². The van der Waals surface area contributed by atoms with Crippen molar-refractivity contribution in [2.45, 2.75) is 40.2 Å². The Morgan fingerprint density at radius 2 is 2.05 bits per heavy atom. The van der Waals surface area contributed by atoms with Gasteiger partial charge in [-0.25, -0.2) is 0 Å². The Labute approximate surface area is 114 Å². The molecule has 4 heteroatoms. The fourth-order valence-electron chi connectivity index (χ4n) is 1.86. The van der Waals surface area contributed by atoms with Gasteiger partial charge in [0.2, 0.25) is 0 Å². The summed E-state index contributed by atoms with van der Waals surface area (Å²) >= 11 is 0. The van der Waals surface area contributed by atoms with E-state index in [9.17, 15) is 4.79 Å². The minimum atomic E-state index is -0.879. The Kier molecular flexibility index (Phi) is 5.83. The normalized spacial score (nSPS) is 12.2. The van der Waals surface area contributed by atoms with Crippen LogP contribution in [0.5, 0.6) is 5.75 Å². The molecular formula is C15H23NO3. The number of carboxylic acid groups (broad SMARTS) is 1. The topological polar surface area (TPSA) is 58.6 Å². The monoisotopic (exact) mass is 265 g/mol. The van der Waals surface area contributed by atoms with Crippen molar-refractivity contribution in [2.75, 3.05) is 13.2 Å². The molecule has 0 bridgehead atoms. The summed E-state index contributed by atoms with van der Waals surface area (Å²) < 4.78 is 5.68. The van der Waals surface area contributed by atoms with Gasteiger partial charge in [-0.1, -0.05) is 13.0 Å². The molecule has 0 amide bonds. The van der Waals surface area contributed by atoms with Crippen molar-refractivity contribution in [3.05, 3.63) is 28.8 Å². The van der Waals surface area contributed by atoms with Crippen LogP contribution in [0.3, 0.4) is 0 Å². The van der Waals surface area contributed by atoms with Gasteiger partial charge in [-0.3, -0.25) is 4.79 Å². The fourth-order valence-corrected chi connectivity index (χ4v) is 1.86. The van der Waals surface area contributed by atoms with E-state index in [1.807, 2.05) is 33.8 Å². The number of carbonyl (C=O) groups is 1. The average Bonchev–Trinajstić information content (AvgIpc) is 2.34. The van der Waals surface area contributed by atoms with E-state index in [1.165, 1.54) is 0 Å². The minimum Gasteiger partial charge on any atom is -0.491 e. The molecule has 0 aliphatic rings. The zero-order valence-electron chi connectivity index (χ0n) is 12.1. The first-order valence-corrected chi connectivity index (χ1v) is 6.62. The lowest BCUT2D eigenvalue weighted by Gasteiger charge is -2.17. The van der Waals surface area contributed by atoms with Crippen molar-refractivity contribution in [1.82, 2.24) is 5.32 Å². The van der Waals surface area contributed by atoms with Gasteiger partial charge < -0.3 is 15.2 Å². The predicted molar refractivity (Wildman–Crippen MR) is 75.9 cm³/mol. The molecule has 0 heterocycles. The molecule has 0 aliphatic carbocycles. The van der Waals surface area contributed by atoms with Crippen molar-refractivity contribution >= 4 is 5.97 Å². The van der Waals surface area contributed by atoms with E-state index in [4.69, 9.17) is 9.84 Å². The number of hydrogen-bond donors (Lipinski definition) is 2. The zero-order valence-corrected chi connectivity index (χ0v) is 12.1. The average molecular weight is 265 g/mol. The van der Waals surface area contributed by atoms with Crippen LogP contribution >= 0.6 is 0 Å². The van der Waals surface area contributed by atoms with Crippen molar-refractivity contribution in [3.63, 3.8) is 0 Å². The molecule has 1 unspecified atom stereocenters. The molecule has 0 saturated carbocycles. The lowest BCUT2D eigenvalue weighted by atomic mass is 10.1. The first-order chi connectivity index (χ1) is 8.95. The van der Waals surface area contributed by atoms with E-state index in [2.05, 4.69) is 11.4 Å². The molecule has 4 nitrogen and oxygen atoms in total. The summed E-state index contributed by atoms with van der Waals surface area (Å²) in [4.78, 5) is 11.1. The highest BCUT2D eigenvalue weighted by Gasteiger charge is 2.17. The van der Waals surface area contributed by atoms with E-state index in [1.54, 1.807) is 0 Å².